The zero-order valence-electron chi connectivity index (χ0n) is 20.4. The molecule has 6 nitrogen and oxygen atoms in total. The molecule has 1 saturated heterocycles. The number of benzene rings is 1. The zero-order chi connectivity index (χ0) is 23.8. The van der Waals surface area contributed by atoms with E-state index >= 15 is 0 Å². The second-order valence-electron chi connectivity index (χ2n) is 9.11. The fraction of sp³-hybridized carbons (Fsp3) is 0.481. The maximum atomic E-state index is 6.31. The van der Waals surface area contributed by atoms with E-state index in [4.69, 9.17) is 23.7 Å². The van der Waals surface area contributed by atoms with E-state index < -0.39 is 0 Å². The van der Waals surface area contributed by atoms with Crippen LogP contribution < -0.4 is 9.47 Å². The fourth-order valence-electron chi connectivity index (χ4n) is 5.08. The van der Waals surface area contributed by atoms with Gasteiger partial charge in [0, 0.05) is 49.1 Å². The Kier molecular flexibility index (Phi) is 6.59. The highest BCUT2D eigenvalue weighted by molar-refractivity contribution is 5.79. The van der Waals surface area contributed by atoms with Crippen molar-refractivity contribution in [2.24, 2.45) is 0 Å². The average Bonchev–Trinajstić information content (AvgIpc) is 3.11. The Morgan fingerprint density at radius 2 is 2.00 bits per heavy atom. The Hall–Kier alpha value is -2.70. The van der Waals surface area contributed by atoms with Crippen molar-refractivity contribution in [3.05, 3.63) is 65.6 Å². The molecule has 3 aliphatic rings. The molecule has 178 valence electrons. The molecule has 0 spiro atoms. The van der Waals surface area contributed by atoms with Crippen LogP contribution in [-0.4, -0.2) is 57.2 Å². The number of nitrogens with zero attached hydrogens (tertiary/aromatic N) is 1. The molecule has 1 aromatic rings. The van der Waals surface area contributed by atoms with Crippen molar-refractivity contribution in [2.75, 3.05) is 40.6 Å². The minimum atomic E-state index is -0.339. The van der Waals surface area contributed by atoms with E-state index in [1.54, 1.807) is 14.2 Å². The predicted octanol–water partition coefficient (Wildman–Crippen LogP) is 5.03. The molecular formula is C27H35NO5. The SMILES string of the molecule is C=C1C=C2c3cc(OC)c(OCCCOC)cc3C3COC(C)(C)C3N2C=C1C(=C)OCC. The van der Waals surface area contributed by atoms with E-state index in [1.807, 2.05) is 6.92 Å². The van der Waals surface area contributed by atoms with Gasteiger partial charge in [-0.3, -0.25) is 0 Å². The lowest BCUT2D eigenvalue weighted by Crippen LogP contribution is -2.49. The maximum absolute atomic E-state index is 6.31. The monoisotopic (exact) mass is 453 g/mol. The van der Waals surface area contributed by atoms with Crippen molar-refractivity contribution in [3.63, 3.8) is 0 Å². The number of fused-ring (bicyclic) bond motifs is 6. The number of hydrogen-bond acceptors (Lipinski definition) is 6. The minimum absolute atomic E-state index is 0.114. The zero-order valence-corrected chi connectivity index (χ0v) is 20.4. The van der Waals surface area contributed by atoms with Crippen molar-refractivity contribution >= 4 is 5.70 Å². The summed E-state index contributed by atoms with van der Waals surface area (Å²) in [7, 11) is 3.37. The molecule has 6 heteroatoms. The van der Waals surface area contributed by atoms with Gasteiger partial charge < -0.3 is 28.6 Å². The molecule has 3 heterocycles. The summed E-state index contributed by atoms with van der Waals surface area (Å²) in [5.41, 5.74) is 4.84. The van der Waals surface area contributed by atoms with Crippen LogP contribution in [-0.2, 0) is 14.2 Å². The molecule has 2 atom stereocenters. The van der Waals surface area contributed by atoms with Gasteiger partial charge >= 0.3 is 0 Å². The summed E-state index contributed by atoms with van der Waals surface area (Å²) in [6.45, 7) is 17.1. The summed E-state index contributed by atoms with van der Waals surface area (Å²) in [5.74, 6) is 2.28. The van der Waals surface area contributed by atoms with Gasteiger partial charge in [0.1, 0.15) is 5.76 Å². The quantitative estimate of drug-likeness (QED) is 0.386. The van der Waals surface area contributed by atoms with E-state index in [0.717, 1.165) is 34.6 Å². The van der Waals surface area contributed by atoms with Gasteiger partial charge in [-0.2, -0.15) is 0 Å². The van der Waals surface area contributed by atoms with E-state index in [-0.39, 0.29) is 17.6 Å². The van der Waals surface area contributed by atoms with Crippen molar-refractivity contribution < 1.29 is 23.7 Å². The second kappa shape index (κ2) is 9.27. The summed E-state index contributed by atoms with van der Waals surface area (Å²) in [5, 5.41) is 0. The van der Waals surface area contributed by atoms with Crippen LogP contribution >= 0.6 is 0 Å². The first-order valence-electron chi connectivity index (χ1n) is 11.5. The van der Waals surface area contributed by atoms with Gasteiger partial charge in [0.05, 0.1) is 38.6 Å². The molecule has 3 aliphatic heterocycles. The van der Waals surface area contributed by atoms with Crippen LogP contribution in [0, 0.1) is 0 Å². The first-order chi connectivity index (χ1) is 15.8. The molecule has 4 rings (SSSR count). The van der Waals surface area contributed by atoms with Crippen LogP contribution in [0.5, 0.6) is 11.5 Å². The van der Waals surface area contributed by atoms with Crippen LogP contribution in [0.25, 0.3) is 5.70 Å². The van der Waals surface area contributed by atoms with E-state index in [2.05, 4.69) is 56.3 Å². The van der Waals surface area contributed by atoms with Gasteiger partial charge in [0.2, 0.25) is 0 Å². The molecule has 0 radical (unpaired) electrons. The third kappa shape index (κ3) is 4.18. The molecule has 1 fully saturated rings. The van der Waals surface area contributed by atoms with E-state index in [9.17, 15) is 0 Å². The van der Waals surface area contributed by atoms with E-state index in [0.29, 0.717) is 37.9 Å². The van der Waals surface area contributed by atoms with Crippen molar-refractivity contribution in [3.8, 4) is 11.5 Å². The first-order valence-corrected chi connectivity index (χ1v) is 11.5. The summed E-state index contributed by atoms with van der Waals surface area (Å²) in [4.78, 5) is 2.31. The van der Waals surface area contributed by atoms with Gasteiger partial charge in [-0.25, -0.2) is 0 Å². The van der Waals surface area contributed by atoms with Crippen LogP contribution in [0.2, 0.25) is 0 Å². The minimum Gasteiger partial charge on any atom is -0.494 e. The fourth-order valence-corrected chi connectivity index (χ4v) is 5.08. The van der Waals surface area contributed by atoms with Gasteiger partial charge in [0.15, 0.2) is 11.5 Å². The lowest BCUT2D eigenvalue weighted by molar-refractivity contribution is 0.00923. The lowest BCUT2D eigenvalue weighted by atomic mass is 9.76. The average molecular weight is 454 g/mol. The molecule has 0 aliphatic carbocycles. The molecule has 0 N–H and O–H groups in total. The highest BCUT2D eigenvalue weighted by atomic mass is 16.5. The second-order valence-corrected chi connectivity index (χ2v) is 9.11. The number of allylic oxidation sites excluding steroid dienone is 2. The molecular weight excluding hydrogens is 418 g/mol. The summed E-state index contributed by atoms with van der Waals surface area (Å²) in [6, 6.07) is 4.32. The topological polar surface area (TPSA) is 49.4 Å². The normalized spacial score (nSPS) is 22.6. The molecule has 0 bridgehead atoms. The largest absolute Gasteiger partial charge is 0.494 e. The number of methoxy groups -OCH3 is 2. The van der Waals surface area contributed by atoms with Crippen molar-refractivity contribution in [2.45, 2.75) is 44.8 Å². The Balaban J connectivity index is 1.79. The third-order valence-corrected chi connectivity index (χ3v) is 6.61. The predicted molar refractivity (Wildman–Crippen MR) is 129 cm³/mol. The summed E-state index contributed by atoms with van der Waals surface area (Å²) < 4.78 is 29.0. The van der Waals surface area contributed by atoms with Crippen LogP contribution in [0.15, 0.2) is 54.5 Å². The Bertz CT molecular complexity index is 1010. The van der Waals surface area contributed by atoms with Crippen molar-refractivity contribution in [1.82, 2.24) is 4.90 Å². The van der Waals surface area contributed by atoms with Gasteiger partial charge in [0.25, 0.3) is 0 Å². The molecule has 2 unspecified atom stereocenters. The maximum Gasteiger partial charge on any atom is 0.161 e. The Morgan fingerprint density at radius 3 is 2.70 bits per heavy atom. The lowest BCUT2D eigenvalue weighted by Gasteiger charge is -2.46. The van der Waals surface area contributed by atoms with Gasteiger partial charge in [-0.05, 0) is 50.1 Å². The van der Waals surface area contributed by atoms with Gasteiger partial charge in [-0.15, -0.1) is 0 Å². The smallest absolute Gasteiger partial charge is 0.161 e. The van der Waals surface area contributed by atoms with Gasteiger partial charge in [-0.1, -0.05) is 13.2 Å². The number of hydrogen-bond donors (Lipinski definition) is 0. The highest BCUT2D eigenvalue weighted by Crippen LogP contribution is 2.53. The third-order valence-electron chi connectivity index (χ3n) is 6.61. The molecule has 0 saturated carbocycles. The van der Waals surface area contributed by atoms with Crippen LogP contribution in [0.1, 0.15) is 44.2 Å². The number of rotatable bonds is 9. The summed E-state index contributed by atoms with van der Waals surface area (Å²) >= 11 is 0. The summed E-state index contributed by atoms with van der Waals surface area (Å²) in [6.07, 6.45) is 5.05. The molecule has 0 aromatic heterocycles. The van der Waals surface area contributed by atoms with Crippen LogP contribution in [0.3, 0.4) is 0 Å². The van der Waals surface area contributed by atoms with E-state index in [1.165, 1.54) is 5.56 Å². The number of ether oxygens (including phenoxy) is 5. The first kappa shape index (κ1) is 23.5. The Morgan fingerprint density at radius 1 is 1.21 bits per heavy atom. The molecule has 1 aromatic carbocycles. The Labute approximate surface area is 197 Å². The molecule has 33 heavy (non-hydrogen) atoms. The van der Waals surface area contributed by atoms with Crippen LogP contribution in [0.4, 0.5) is 0 Å². The standard InChI is InChI=1S/C27H35NO5/c1-8-31-18(3)21-15-28-23(12-17(21)2)20-14-24(30-7)25(32-11-9-10-29-6)13-19(20)22-16-33-27(4,5)26(22)28/h12-15,22,26H,2-3,8-11,16H2,1,4-7H3. The van der Waals surface area contributed by atoms with Crippen molar-refractivity contribution in [1.29, 1.82) is 0 Å². The molecule has 0 amide bonds. The highest BCUT2D eigenvalue weighted by Gasteiger charge is 2.52.